The zero-order valence-electron chi connectivity index (χ0n) is 12.9. The van der Waals surface area contributed by atoms with Gasteiger partial charge in [-0.2, -0.15) is 5.10 Å². The normalized spacial score (nSPS) is 18.4. The van der Waals surface area contributed by atoms with E-state index in [1.165, 1.54) is 47.2 Å². The number of quaternary nitrogens is 1. The molecule has 0 spiro atoms. The third-order valence-electron chi connectivity index (χ3n) is 4.70. The van der Waals surface area contributed by atoms with Crippen molar-refractivity contribution in [3.8, 4) is 11.1 Å². The van der Waals surface area contributed by atoms with E-state index in [1.54, 1.807) is 4.90 Å². The first-order chi connectivity index (χ1) is 9.58. The van der Waals surface area contributed by atoms with E-state index in [0.717, 1.165) is 11.7 Å². The molecule has 20 heavy (non-hydrogen) atoms. The Morgan fingerprint density at radius 2 is 2.05 bits per heavy atom. The zero-order valence-corrected chi connectivity index (χ0v) is 12.9. The summed E-state index contributed by atoms with van der Waals surface area (Å²) in [5, 5.41) is 7.47. The minimum absolute atomic E-state index is 0.754. The van der Waals surface area contributed by atoms with Gasteiger partial charge in [0.1, 0.15) is 0 Å². The molecule has 3 heteroatoms. The summed E-state index contributed by atoms with van der Waals surface area (Å²) in [4.78, 5) is 1.57. The van der Waals surface area contributed by atoms with Gasteiger partial charge in [0.2, 0.25) is 0 Å². The number of aryl methyl sites for hydroxylation is 2. The number of aromatic nitrogens is 2. The van der Waals surface area contributed by atoms with Crippen LogP contribution in [0.3, 0.4) is 0 Å². The van der Waals surface area contributed by atoms with Crippen LogP contribution in [0.25, 0.3) is 11.1 Å². The molecule has 0 saturated heterocycles. The lowest BCUT2D eigenvalue weighted by molar-refractivity contribution is -0.886. The second-order valence-corrected chi connectivity index (χ2v) is 6.27. The number of H-pyrrole nitrogens is 1. The van der Waals surface area contributed by atoms with Crippen LogP contribution < -0.4 is 4.90 Å². The number of rotatable bonds is 2. The smallest absolute Gasteiger partial charge is 0.0914 e. The van der Waals surface area contributed by atoms with Gasteiger partial charge in [-0.3, -0.25) is 5.10 Å². The number of hydrogen-bond acceptors (Lipinski definition) is 1. The first-order valence-electron chi connectivity index (χ1n) is 7.50. The third kappa shape index (κ3) is 2.16. The van der Waals surface area contributed by atoms with E-state index < -0.39 is 0 Å². The Kier molecular flexibility index (Phi) is 3.38. The molecule has 1 heterocycles. The monoisotopic (exact) mass is 270 g/mol. The van der Waals surface area contributed by atoms with Crippen molar-refractivity contribution in [3.63, 3.8) is 0 Å². The number of hydrogen-bond donors (Lipinski definition) is 2. The van der Waals surface area contributed by atoms with Crippen LogP contribution >= 0.6 is 0 Å². The summed E-state index contributed by atoms with van der Waals surface area (Å²) in [6.45, 7) is 4.21. The molecule has 1 aliphatic rings. The summed E-state index contributed by atoms with van der Waals surface area (Å²) in [6.07, 6.45) is 3.66. The SMILES string of the molecule is Cc1n[nH]c(C)c1-c1cccc2c1CCC([NH+](C)C)C2. The first-order valence-corrected chi connectivity index (χ1v) is 7.50. The summed E-state index contributed by atoms with van der Waals surface area (Å²) in [6, 6.07) is 7.52. The lowest BCUT2D eigenvalue weighted by Gasteiger charge is -2.28. The molecule has 2 N–H and O–H groups in total. The molecular weight excluding hydrogens is 246 g/mol. The Bertz CT molecular complexity index is 606. The summed E-state index contributed by atoms with van der Waals surface area (Å²) in [5.41, 5.74) is 8.04. The van der Waals surface area contributed by atoms with Gasteiger partial charge in [-0.25, -0.2) is 0 Å². The molecule has 1 aliphatic carbocycles. The molecule has 1 aromatic heterocycles. The number of nitrogens with one attached hydrogen (secondary N) is 2. The molecule has 0 fully saturated rings. The fraction of sp³-hybridized carbons (Fsp3) is 0.471. The van der Waals surface area contributed by atoms with Crippen LogP contribution in [0.5, 0.6) is 0 Å². The van der Waals surface area contributed by atoms with Crippen LogP contribution in [0.15, 0.2) is 18.2 Å². The number of likely N-dealkylation sites (N-methyl/N-ethyl adjacent to an activating group) is 1. The second kappa shape index (κ2) is 5.06. The number of fused-ring (bicyclic) bond motifs is 1. The minimum Gasteiger partial charge on any atom is -0.337 e. The van der Waals surface area contributed by atoms with Crippen molar-refractivity contribution in [2.45, 2.75) is 39.2 Å². The quantitative estimate of drug-likeness (QED) is 0.855. The summed E-state index contributed by atoms with van der Waals surface area (Å²) < 4.78 is 0. The molecule has 0 saturated carbocycles. The maximum Gasteiger partial charge on any atom is 0.0914 e. The predicted octanol–water partition coefficient (Wildman–Crippen LogP) is 1.70. The molecule has 1 atom stereocenters. The second-order valence-electron chi connectivity index (χ2n) is 6.27. The highest BCUT2D eigenvalue weighted by atomic mass is 15.1. The van der Waals surface area contributed by atoms with Gasteiger partial charge in [-0.15, -0.1) is 0 Å². The van der Waals surface area contributed by atoms with Gasteiger partial charge in [0, 0.05) is 24.1 Å². The Hall–Kier alpha value is -1.61. The van der Waals surface area contributed by atoms with Gasteiger partial charge >= 0.3 is 0 Å². The van der Waals surface area contributed by atoms with E-state index >= 15 is 0 Å². The van der Waals surface area contributed by atoms with Crippen molar-refractivity contribution in [3.05, 3.63) is 40.7 Å². The average Bonchev–Trinajstić information content (AvgIpc) is 2.77. The highest BCUT2D eigenvalue weighted by molar-refractivity contribution is 5.73. The van der Waals surface area contributed by atoms with Gasteiger partial charge in [0.05, 0.1) is 25.8 Å². The molecule has 0 radical (unpaired) electrons. The molecule has 3 nitrogen and oxygen atoms in total. The van der Waals surface area contributed by atoms with Crippen molar-refractivity contribution in [2.75, 3.05) is 14.1 Å². The van der Waals surface area contributed by atoms with Crippen molar-refractivity contribution in [1.82, 2.24) is 10.2 Å². The Morgan fingerprint density at radius 1 is 1.25 bits per heavy atom. The highest BCUT2D eigenvalue weighted by Crippen LogP contribution is 2.33. The average molecular weight is 270 g/mol. The van der Waals surface area contributed by atoms with E-state index in [-0.39, 0.29) is 0 Å². The fourth-order valence-electron chi connectivity index (χ4n) is 3.48. The summed E-state index contributed by atoms with van der Waals surface area (Å²) in [5.74, 6) is 0. The predicted molar refractivity (Wildman–Crippen MR) is 82.1 cm³/mol. The van der Waals surface area contributed by atoms with E-state index in [0.29, 0.717) is 0 Å². The molecule has 106 valence electrons. The van der Waals surface area contributed by atoms with Gasteiger partial charge in [0.25, 0.3) is 0 Å². The van der Waals surface area contributed by atoms with Gasteiger partial charge in [0.15, 0.2) is 0 Å². The number of benzene rings is 1. The van der Waals surface area contributed by atoms with Crippen LogP contribution in [-0.4, -0.2) is 30.3 Å². The maximum atomic E-state index is 4.36. The van der Waals surface area contributed by atoms with E-state index in [1.807, 2.05) is 0 Å². The fourth-order valence-corrected chi connectivity index (χ4v) is 3.48. The molecule has 0 bridgehead atoms. The van der Waals surface area contributed by atoms with Gasteiger partial charge in [-0.05, 0) is 37.0 Å². The topological polar surface area (TPSA) is 33.1 Å². The molecule has 3 rings (SSSR count). The molecule has 0 aliphatic heterocycles. The Morgan fingerprint density at radius 3 is 2.70 bits per heavy atom. The van der Waals surface area contributed by atoms with Crippen molar-refractivity contribution >= 4 is 0 Å². The van der Waals surface area contributed by atoms with Crippen LogP contribution in [0.4, 0.5) is 0 Å². The molecule has 2 aromatic rings. The molecule has 1 aromatic carbocycles. The minimum atomic E-state index is 0.754. The first kappa shape index (κ1) is 13.4. The Labute approximate surface area is 121 Å². The van der Waals surface area contributed by atoms with Crippen molar-refractivity contribution in [2.24, 2.45) is 0 Å². The number of aromatic amines is 1. The largest absolute Gasteiger partial charge is 0.337 e. The summed E-state index contributed by atoms with van der Waals surface area (Å²) >= 11 is 0. The maximum absolute atomic E-state index is 4.36. The van der Waals surface area contributed by atoms with Crippen molar-refractivity contribution < 1.29 is 4.90 Å². The summed E-state index contributed by atoms with van der Waals surface area (Å²) in [7, 11) is 4.54. The van der Waals surface area contributed by atoms with Gasteiger partial charge in [-0.1, -0.05) is 18.2 Å². The third-order valence-corrected chi connectivity index (χ3v) is 4.70. The highest BCUT2D eigenvalue weighted by Gasteiger charge is 2.25. The zero-order chi connectivity index (χ0) is 14.3. The lowest BCUT2D eigenvalue weighted by Crippen LogP contribution is -3.10. The van der Waals surface area contributed by atoms with E-state index in [9.17, 15) is 0 Å². The molecule has 1 unspecified atom stereocenters. The molecular formula is C17H24N3+. The van der Waals surface area contributed by atoms with Crippen LogP contribution in [0.1, 0.15) is 28.9 Å². The van der Waals surface area contributed by atoms with E-state index in [4.69, 9.17) is 0 Å². The van der Waals surface area contributed by atoms with E-state index in [2.05, 4.69) is 56.3 Å². The van der Waals surface area contributed by atoms with Crippen LogP contribution in [-0.2, 0) is 12.8 Å². The van der Waals surface area contributed by atoms with Crippen molar-refractivity contribution in [1.29, 1.82) is 0 Å². The van der Waals surface area contributed by atoms with Gasteiger partial charge < -0.3 is 4.90 Å². The Balaban J connectivity index is 2.06. The lowest BCUT2D eigenvalue weighted by atomic mass is 9.83. The molecule has 0 amide bonds. The van der Waals surface area contributed by atoms with Crippen LogP contribution in [0.2, 0.25) is 0 Å². The standard InChI is InChI=1S/C17H23N3/c1-11-17(12(2)19-18-11)16-7-5-6-13-10-14(20(3)4)8-9-15(13)16/h5-7,14H,8-10H2,1-4H3,(H,18,19)/p+1. The van der Waals surface area contributed by atoms with Crippen LogP contribution in [0, 0.1) is 13.8 Å². The number of nitrogens with zero attached hydrogens (tertiary/aromatic N) is 1.